The number of hydrogen-bond acceptors (Lipinski definition) is 2. The van der Waals surface area contributed by atoms with E-state index in [9.17, 15) is 0 Å². The maximum Gasteiger partial charge on any atom is 0.0596 e. The highest BCUT2D eigenvalue weighted by Gasteiger charge is 2.15. The summed E-state index contributed by atoms with van der Waals surface area (Å²) in [5, 5.41) is 8.01. The van der Waals surface area contributed by atoms with Crippen LogP contribution in [0.25, 0.3) is 0 Å². The van der Waals surface area contributed by atoms with Gasteiger partial charge in [-0.15, -0.1) is 0 Å². The van der Waals surface area contributed by atoms with Crippen molar-refractivity contribution in [3.05, 3.63) is 51.8 Å². The van der Waals surface area contributed by atoms with E-state index in [0.29, 0.717) is 5.92 Å². The number of aromatic nitrogens is 2. The lowest BCUT2D eigenvalue weighted by Gasteiger charge is -2.18. The average Bonchev–Trinajstić information content (AvgIpc) is 2.77. The van der Waals surface area contributed by atoms with Crippen LogP contribution < -0.4 is 5.32 Å². The molecular formula is C17H24BrN3. The molecule has 1 aromatic carbocycles. The highest BCUT2D eigenvalue weighted by atomic mass is 79.9. The van der Waals surface area contributed by atoms with E-state index in [1.807, 2.05) is 18.7 Å². The molecule has 0 aliphatic heterocycles. The molecule has 0 bridgehead atoms. The van der Waals surface area contributed by atoms with E-state index in [-0.39, 0.29) is 0 Å². The Hall–Kier alpha value is -1.13. The first-order chi connectivity index (χ1) is 10.1. The molecule has 1 aromatic heterocycles. The highest BCUT2D eigenvalue weighted by molar-refractivity contribution is 9.10. The molecule has 1 unspecified atom stereocenters. The first kappa shape index (κ1) is 16.2. The summed E-state index contributed by atoms with van der Waals surface area (Å²) in [6.45, 7) is 6.32. The maximum atomic E-state index is 4.46. The van der Waals surface area contributed by atoms with Crippen molar-refractivity contribution in [1.82, 2.24) is 15.1 Å². The van der Waals surface area contributed by atoms with E-state index < -0.39 is 0 Å². The van der Waals surface area contributed by atoms with Gasteiger partial charge in [-0.1, -0.05) is 35.0 Å². The predicted octanol–water partition coefficient (Wildman–Crippen LogP) is 3.82. The van der Waals surface area contributed by atoms with Crippen molar-refractivity contribution in [2.24, 2.45) is 7.05 Å². The van der Waals surface area contributed by atoms with Crippen molar-refractivity contribution < 1.29 is 0 Å². The third-order valence-electron chi connectivity index (χ3n) is 3.71. The fourth-order valence-corrected chi connectivity index (χ4v) is 2.87. The van der Waals surface area contributed by atoms with Crippen molar-refractivity contribution in [2.75, 3.05) is 13.1 Å². The molecule has 3 nitrogen and oxygen atoms in total. The molecule has 0 amide bonds. The van der Waals surface area contributed by atoms with Crippen LogP contribution in [-0.4, -0.2) is 22.9 Å². The molecule has 1 heterocycles. The lowest BCUT2D eigenvalue weighted by atomic mass is 9.94. The fraction of sp³-hybridized carbons (Fsp3) is 0.471. The Kier molecular flexibility index (Phi) is 6.00. The van der Waals surface area contributed by atoms with E-state index in [2.05, 4.69) is 63.6 Å². The van der Waals surface area contributed by atoms with Crippen molar-refractivity contribution in [3.8, 4) is 0 Å². The fourth-order valence-electron chi connectivity index (χ4n) is 2.60. The molecule has 0 aliphatic rings. The summed E-state index contributed by atoms with van der Waals surface area (Å²) < 4.78 is 3.13. The van der Waals surface area contributed by atoms with Gasteiger partial charge < -0.3 is 5.32 Å². The molecule has 0 spiro atoms. The molecule has 0 fully saturated rings. The predicted molar refractivity (Wildman–Crippen MR) is 91.7 cm³/mol. The second-order valence-electron chi connectivity index (χ2n) is 5.56. The molecule has 2 rings (SSSR count). The number of nitrogens with zero attached hydrogens (tertiary/aromatic N) is 2. The molecule has 0 radical (unpaired) electrons. The van der Waals surface area contributed by atoms with Gasteiger partial charge >= 0.3 is 0 Å². The van der Waals surface area contributed by atoms with Crippen molar-refractivity contribution >= 4 is 15.9 Å². The number of hydrogen-bond donors (Lipinski definition) is 1. The molecular weight excluding hydrogens is 326 g/mol. The zero-order valence-electron chi connectivity index (χ0n) is 13.1. The smallest absolute Gasteiger partial charge is 0.0596 e. The van der Waals surface area contributed by atoms with Gasteiger partial charge in [-0.3, -0.25) is 4.68 Å². The summed E-state index contributed by atoms with van der Waals surface area (Å²) in [5.41, 5.74) is 3.75. The number of benzene rings is 1. The monoisotopic (exact) mass is 349 g/mol. The van der Waals surface area contributed by atoms with E-state index in [1.165, 1.54) is 11.3 Å². The van der Waals surface area contributed by atoms with Gasteiger partial charge in [0.25, 0.3) is 0 Å². The molecule has 4 heteroatoms. The summed E-state index contributed by atoms with van der Waals surface area (Å²) in [5.74, 6) is 0.472. The normalized spacial score (nSPS) is 12.6. The Morgan fingerprint density at radius 1 is 1.29 bits per heavy atom. The minimum atomic E-state index is 0.472. The van der Waals surface area contributed by atoms with Crippen molar-refractivity contribution in [2.45, 2.75) is 32.6 Å². The lowest BCUT2D eigenvalue weighted by molar-refractivity contribution is 0.557. The van der Waals surface area contributed by atoms with Gasteiger partial charge in [0.2, 0.25) is 0 Å². The van der Waals surface area contributed by atoms with Crippen LogP contribution in [0.3, 0.4) is 0 Å². The van der Waals surface area contributed by atoms with Crippen LogP contribution in [0.15, 0.2) is 34.8 Å². The van der Waals surface area contributed by atoms with Crippen LogP contribution >= 0.6 is 15.9 Å². The zero-order valence-corrected chi connectivity index (χ0v) is 14.7. The van der Waals surface area contributed by atoms with Crippen molar-refractivity contribution in [1.29, 1.82) is 0 Å². The second kappa shape index (κ2) is 7.76. The van der Waals surface area contributed by atoms with Gasteiger partial charge in [-0.05, 0) is 50.1 Å². The Morgan fingerprint density at radius 2 is 2.00 bits per heavy atom. The standard InChI is InChI=1S/C17H24BrN3/c1-4-9-19-12-15(14-5-7-16(18)8-6-14)11-17-10-13(2)20-21(17)3/h5-8,10,15,19H,4,9,11-12H2,1-3H3. The summed E-state index contributed by atoms with van der Waals surface area (Å²) in [6, 6.07) is 10.9. The average molecular weight is 350 g/mol. The highest BCUT2D eigenvalue weighted by Crippen LogP contribution is 2.22. The summed E-state index contributed by atoms with van der Waals surface area (Å²) in [6.07, 6.45) is 2.17. The topological polar surface area (TPSA) is 29.9 Å². The molecule has 0 aliphatic carbocycles. The number of halogens is 1. The number of nitrogens with one attached hydrogen (secondary N) is 1. The van der Waals surface area contributed by atoms with Gasteiger partial charge in [0.05, 0.1) is 5.69 Å². The van der Waals surface area contributed by atoms with E-state index in [1.54, 1.807) is 0 Å². The van der Waals surface area contributed by atoms with Crippen LogP contribution in [0.5, 0.6) is 0 Å². The largest absolute Gasteiger partial charge is 0.316 e. The van der Waals surface area contributed by atoms with Gasteiger partial charge in [0.1, 0.15) is 0 Å². The van der Waals surface area contributed by atoms with Crippen molar-refractivity contribution in [3.63, 3.8) is 0 Å². The van der Waals surface area contributed by atoms with E-state index in [4.69, 9.17) is 0 Å². The number of rotatable bonds is 7. The Bertz CT molecular complexity index is 560. The van der Waals surface area contributed by atoms with E-state index in [0.717, 1.165) is 36.1 Å². The van der Waals surface area contributed by atoms with E-state index >= 15 is 0 Å². The third-order valence-corrected chi connectivity index (χ3v) is 4.24. The van der Waals surface area contributed by atoms with Gasteiger partial charge in [0.15, 0.2) is 0 Å². The number of aryl methyl sites for hydroxylation is 2. The van der Waals surface area contributed by atoms with Gasteiger partial charge in [-0.2, -0.15) is 5.10 Å². The quantitative estimate of drug-likeness (QED) is 0.770. The van der Waals surface area contributed by atoms with Crippen LogP contribution in [0.4, 0.5) is 0 Å². The van der Waals surface area contributed by atoms with Crippen LogP contribution in [-0.2, 0) is 13.5 Å². The zero-order chi connectivity index (χ0) is 15.2. The Balaban J connectivity index is 2.15. The molecule has 2 aromatic rings. The summed E-state index contributed by atoms with van der Waals surface area (Å²) in [4.78, 5) is 0. The van der Waals surface area contributed by atoms with Gasteiger partial charge in [-0.25, -0.2) is 0 Å². The maximum absolute atomic E-state index is 4.46. The minimum absolute atomic E-state index is 0.472. The summed E-state index contributed by atoms with van der Waals surface area (Å²) in [7, 11) is 2.03. The Morgan fingerprint density at radius 3 is 2.57 bits per heavy atom. The summed E-state index contributed by atoms with van der Waals surface area (Å²) >= 11 is 3.51. The van der Waals surface area contributed by atoms with Gasteiger partial charge in [0, 0.05) is 29.7 Å². The molecule has 114 valence electrons. The lowest BCUT2D eigenvalue weighted by Crippen LogP contribution is -2.24. The van der Waals surface area contributed by atoms with Crippen LogP contribution in [0.1, 0.15) is 36.2 Å². The molecule has 1 atom stereocenters. The molecule has 1 N–H and O–H groups in total. The van der Waals surface area contributed by atoms with Crippen LogP contribution in [0, 0.1) is 6.92 Å². The molecule has 0 saturated heterocycles. The third kappa shape index (κ3) is 4.68. The first-order valence-corrected chi connectivity index (χ1v) is 8.35. The van der Waals surface area contributed by atoms with Crippen LogP contribution in [0.2, 0.25) is 0 Å². The second-order valence-corrected chi connectivity index (χ2v) is 6.47. The first-order valence-electron chi connectivity index (χ1n) is 7.56. The SMILES string of the molecule is CCCNCC(Cc1cc(C)nn1C)c1ccc(Br)cc1. The Labute approximate surface area is 135 Å². The minimum Gasteiger partial charge on any atom is -0.316 e. The molecule has 0 saturated carbocycles. The molecule has 21 heavy (non-hydrogen) atoms.